The Balaban J connectivity index is 1.24. The van der Waals surface area contributed by atoms with Gasteiger partial charge in [0.2, 0.25) is 11.8 Å². The number of para-hydroxylation sites is 1. The number of nitrogens with one attached hydrogen (secondary N) is 2. The van der Waals surface area contributed by atoms with Gasteiger partial charge in [-0.1, -0.05) is 54.2 Å². The lowest BCUT2D eigenvalue weighted by Crippen LogP contribution is -2.42. The van der Waals surface area contributed by atoms with Gasteiger partial charge in [0.05, 0.1) is 25.0 Å². The van der Waals surface area contributed by atoms with Crippen molar-refractivity contribution in [3.8, 4) is 5.75 Å². The summed E-state index contributed by atoms with van der Waals surface area (Å²) in [4.78, 5) is 49.4. The average Bonchev–Trinajstić information content (AvgIpc) is 3.28. The van der Waals surface area contributed by atoms with E-state index in [2.05, 4.69) is 20.6 Å². The zero-order valence-electron chi connectivity index (χ0n) is 21.3. The summed E-state index contributed by atoms with van der Waals surface area (Å²) in [7, 11) is 1.58. The first kappa shape index (κ1) is 26.2. The van der Waals surface area contributed by atoms with Gasteiger partial charge in [0.25, 0.3) is 5.91 Å². The quantitative estimate of drug-likeness (QED) is 0.428. The summed E-state index contributed by atoms with van der Waals surface area (Å²) in [5, 5.41) is 6.07. The fourth-order valence-electron chi connectivity index (χ4n) is 4.27. The lowest BCUT2D eigenvalue weighted by molar-refractivity contribution is -0.128. The lowest BCUT2D eigenvalue weighted by atomic mass is 10.1. The van der Waals surface area contributed by atoms with Crippen LogP contribution in [-0.4, -0.2) is 59.1 Å². The monoisotopic (exact) mass is 541 g/mol. The molecular weight excluding hydrogens is 514 g/mol. The Labute approximate surface area is 230 Å². The van der Waals surface area contributed by atoms with Crippen molar-refractivity contribution in [1.29, 1.82) is 0 Å². The molecule has 1 atom stereocenters. The standard InChI is InChI=1S/C29H27N5O4S/c1-38-21-13-11-20(12-14-21)31-26(36)18-39-29-33-23-10-6-5-9-22(23)27-32-24(28(37)34(27)29)17-25(35)30-16-15-19-7-3-2-4-8-19/h2-14,24H,15-18H2,1H3,(H,30,35)(H,31,36)/t24-/m1/s1. The normalized spacial score (nSPS) is 15.6. The van der Waals surface area contributed by atoms with Gasteiger partial charge in [-0.15, -0.1) is 0 Å². The molecule has 3 aromatic carbocycles. The molecule has 2 aliphatic heterocycles. The molecule has 2 heterocycles. The van der Waals surface area contributed by atoms with Crippen LogP contribution in [0, 0.1) is 0 Å². The zero-order chi connectivity index (χ0) is 27.2. The second-order valence-corrected chi connectivity index (χ2v) is 9.85. The highest BCUT2D eigenvalue weighted by molar-refractivity contribution is 8.14. The van der Waals surface area contributed by atoms with Crippen molar-refractivity contribution in [1.82, 2.24) is 10.2 Å². The summed E-state index contributed by atoms with van der Waals surface area (Å²) in [5.41, 5.74) is 3.13. The van der Waals surface area contributed by atoms with Gasteiger partial charge in [0, 0.05) is 17.8 Å². The fourth-order valence-corrected chi connectivity index (χ4v) is 5.07. The second kappa shape index (κ2) is 12.0. The molecule has 5 rings (SSSR count). The van der Waals surface area contributed by atoms with E-state index in [0.29, 0.717) is 46.7 Å². The van der Waals surface area contributed by atoms with Crippen molar-refractivity contribution in [3.63, 3.8) is 0 Å². The number of fused-ring (bicyclic) bond motifs is 3. The van der Waals surface area contributed by atoms with E-state index in [1.54, 1.807) is 31.4 Å². The van der Waals surface area contributed by atoms with Crippen molar-refractivity contribution >= 4 is 51.9 Å². The summed E-state index contributed by atoms with van der Waals surface area (Å²) >= 11 is 1.15. The van der Waals surface area contributed by atoms with Crippen LogP contribution in [0.15, 0.2) is 88.8 Å². The third-order valence-corrected chi connectivity index (χ3v) is 7.15. The highest BCUT2D eigenvalue weighted by atomic mass is 32.2. The maximum absolute atomic E-state index is 13.4. The number of methoxy groups -OCH3 is 1. The minimum Gasteiger partial charge on any atom is -0.497 e. The van der Waals surface area contributed by atoms with Crippen LogP contribution in [0.5, 0.6) is 5.75 Å². The van der Waals surface area contributed by atoms with E-state index in [1.165, 1.54) is 4.90 Å². The maximum atomic E-state index is 13.4. The number of ether oxygens (including phenoxy) is 1. The van der Waals surface area contributed by atoms with E-state index in [0.717, 1.165) is 17.3 Å². The molecular formula is C29H27N5O4S. The van der Waals surface area contributed by atoms with Gasteiger partial charge >= 0.3 is 0 Å². The van der Waals surface area contributed by atoms with Gasteiger partial charge in [-0.3, -0.25) is 19.4 Å². The molecule has 2 N–H and O–H groups in total. The predicted octanol–water partition coefficient (Wildman–Crippen LogP) is 3.77. The van der Waals surface area contributed by atoms with Crippen molar-refractivity contribution in [2.45, 2.75) is 18.9 Å². The topological polar surface area (TPSA) is 112 Å². The van der Waals surface area contributed by atoms with Crippen molar-refractivity contribution in [2.24, 2.45) is 9.98 Å². The number of carbonyl (C=O) groups excluding carboxylic acids is 3. The molecule has 0 saturated heterocycles. The lowest BCUT2D eigenvalue weighted by Gasteiger charge is -2.25. The van der Waals surface area contributed by atoms with Gasteiger partial charge in [-0.2, -0.15) is 0 Å². The molecule has 0 bridgehead atoms. The number of amidine groups is 2. The van der Waals surface area contributed by atoms with E-state index in [4.69, 9.17) is 4.74 Å². The fraction of sp³-hybridized carbons (Fsp3) is 0.207. The Hall–Kier alpha value is -4.44. The van der Waals surface area contributed by atoms with Crippen LogP contribution >= 0.6 is 11.8 Å². The molecule has 9 nitrogen and oxygen atoms in total. The molecule has 0 unspecified atom stereocenters. The third kappa shape index (κ3) is 6.18. The van der Waals surface area contributed by atoms with Gasteiger partial charge in [0.15, 0.2) is 5.17 Å². The van der Waals surface area contributed by atoms with Crippen LogP contribution in [0.3, 0.4) is 0 Å². The van der Waals surface area contributed by atoms with Gasteiger partial charge < -0.3 is 15.4 Å². The van der Waals surface area contributed by atoms with Gasteiger partial charge in [0.1, 0.15) is 17.6 Å². The molecule has 39 heavy (non-hydrogen) atoms. The Morgan fingerprint density at radius 2 is 1.72 bits per heavy atom. The number of hydrogen-bond donors (Lipinski definition) is 2. The van der Waals surface area contributed by atoms with E-state index < -0.39 is 6.04 Å². The highest BCUT2D eigenvalue weighted by Gasteiger charge is 2.42. The molecule has 0 aromatic heterocycles. The molecule has 0 saturated carbocycles. The smallest absolute Gasteiger partial charge is 0.259 e. The number of hydrogen-bond acceptors (Lipinski definition) is 7. The van der Waals surface area contributed by atoms with Crippen molar-refractivity contribution in [2.75, 3.05) is 24.7 Å². The molecule has 3 aromatic rings. The van der Waals surface area contributed by atoms with Crippen molar-refractivity contribution in [3.05, 3.63) is 90.0 Å². The average molecular weight is 542 g/mol. The molecule has 0 spiro atoms. The number of benzene rings is 3. The molecule has 3 amide bonds. The van der Waals surface area contributed by atoms with Crippen LogP contribution in [-0.2, 0) is 20.8 Å². The molecule has 0 fully saturated rings. The molecule has 0 aliphatic carbocycles. The number of amides is 3. The Bertz CT molecular complexity index is 1440. The summed E-state index contributed by atoms with van der Waals surface area (Å²) in [6.45, 7) is 0.471. The minimum absolute atomic E-state index is 0.0364. The minimum atomic E-state index is -0.859. The number of rotatable bonds is 9. The first-order valence-corrected chi connectivity index (χ1v) is 13.5. The number of nitrogens with zero attached hydrogens (tertiary/aromatic N) is 3. The molecule has 10 heteroatoms. The van der Waals surface area contributed by atoms with Crippen LogP contribution in [0.4, 0.5) is 11.4 Å². The van der Waals surface area contributed by atoms with Crippen LogP contribution in [0.1, 0.15) is 17.5 Å². The third-order valence-electron chi connectivity index (χ3n) is 6.21. The van der Waals surface area contributed by atoms with Crippen LogP contribution in [0.2, 0.25) is 0 Å². The first-order chi connectivity index (χ1) is 19.0. The maximum Gasteiger partial charge on any atom is 0.259 e. The second-order valence-electron chi connectivity index (χ2n) is 8.91. The van der Waals surface area contributed by atoms with Gasteiger partial charge in [-0.25, -0.2) is 9.89 Å². The van der Waals surface area contributed by atoms with E-state index in [1.807, 2.05) is 54.6 Å². The predicted molar refractivity (Wildman–Crippen MR) is 153 cm³/mol. The highest BCUT2D eigenvalue weighted by Crippen LogP contribution is 2.34. The molecule has 0 radical (unpaired) electrons. The number of aliphatic imine (C=N–C) groups is 2. The number of anilines is 1. The first-order valence-electron chi connectivity index (χ1n) is 12.5. The van der Waals surface area contributed by atoms with E-state index in [9.17, 15) is 14.4 Å². The largest absolute Gasteiger partial charge is 0.497 e. The Kier molecular flexibility index (Phi) is 8.02. The Morgan fingerprint density at radius 1 is 0.974 bits per heavy atom. The molecule has 2 aliphatic rings. The summed E-state index contributed by atoms with van der Waals surface area (Å²) in [6, 6.07) is 23.4. The van der Waals surface area contributed by atoms with Gasteiger partial charge in [-0.05, 0) is 48.4 Å². The summed E-state index contributed by atoms with van der Waals surface area (Å²) in [5.74, 6) is 0.356. The van der Waals surface area contributed by atoms with Crippen LogP contribution < -0.4 is 15.4 Å². The van der Waals surface area contributed by atoms with Crippen LogP contribution in [0.25, 0.3) is 0 Å². The number of thioether (sulfide) groups is 1. The Morgan fingerprint density at radius 3 is 2.49 bits per heavy atom. The van der Waals surface area contributed by atoms with E-state index >= 15 is 0 Å². The summed E-state index contributed by atoms with van der Waals surface area (Å²) in [6.07, 6.45) is 0.636. The summed E-state index contributed by atoms with van der Waals surface area (Å²) < 4.78 is 5.14. The van der Waals surface area contributed by atoms with Crippen molar-refractivity contribution < 1.29 is 19.1 Å². The molecule has 198 valence electrons. The SMILES string of the molecule is COc1ccc(NC(=O)CSC2=Nc3ccccc3C3=N[C@H](CC(=O)NCCc4ccccc4)C(=O)N23)cc1. The zero-order valence-corrected chi connectivity index (χ0v) is 22.1. The van der Waals surface area contributed by atoms with E-state index in [-0.39, 0.29) is 29.9 Å². The number of carbonyl (C=O) groups is 3.